The SMILES string of the molecule is COC(=O)C1CCN(C(=O)c2ccc(OC)cc2)CC1=O. The first kappa shape index (κ1) is 15.0. The number of ketones is 1. The zero-order valence-electron chi connectivity index (χ0n) is 12.0. The van der Waals surface area contributed by atoms with Crippen LogP contribution in [0.4, 0.5) is 0 Å². The van der Waals surface area contributed by atoms with Crippen molar-refractivity contribution in [2.45, 2.75) is 6.42 Å². The van der Waals surface area contributed by atoms with Gasteiger partial charge >= 0.3 is 5.97 Å². The Morgan fingerprint density at radius 1 is 1.19 bits per heavy atom. The third-order valence-corrected chi connectivity index (χ3v) is 3.53. The number of methoxy groups -OCH3 is 2. The van der Waals surface area contributed by atoms with Crippen molar-refractivity contribution in [1.29, 1.82) is 0 Å². The molecule has 21 heavy (non-hydrogen) atoms. The molecule has 1 atom stereocenters. The number of ether oxygens (including phenoxy) is 2. The summed E-state index contributed by atoms with van der Waals surface area (Å²) in [6.45, 7) is 0.293. The molecule has 0 bridgehead atoms. The van der Waals surface area contributed by atoms with Crippen LogP contribution in [0.3, 0.4) is 0 Å². The fourth-order valence-corrected chi connectivity index (χ4v) is 2.30. The molecule has 0 N–H and O–H groups in total. The first-order chi connectivity index (χ1) is 10.1. The second kappa shape index (κ2) is 6.39. The van der Waals surface area contributed by atoms with E-state index in [1.165, 1.54) is 12.0 Å². The minimum absolute atomic E-state index is 0.0649. The largest absolute Gasteiger partial charge is 0.497 e. The Labute approximate surface area is 122 Å². The molecule has 1 aromatic rings. The van der Waals surface area contributed by atoms with Gasteiger partial charge in [0.05, 0.1) is 20.8 Å². The Kier molecular flexibility index (Phi) is 4.57. The molecule has 1 aliphatic heterocycles. The minimum atomic E-state index is -0.755. The number of amides is 1. The second-order valence-corrected chi connectivity index (χ2v) is 4.79. The molecular formula is C15H17NO5. The van der Waals surface area contributed by atoms with Crippen molar-refractivity contribution in [2.24, 2.45) is 5.92 Å². The predicted octanol–water partition coefficient (Wildman–Crippen LogP) is 0.899. The van der Waals surface area contributed by atoms with Crippen molar-refractivity contribution in [3.05, 3.63) is 29.8 Å². The Hall–Kier alpha value is -2.37. The molecule has 0 aromatic heterocycles. The van der Waals surface area contributed by atoms with Crippen LogP contribution in [0.2, 0.25) is 0 Å². The van der Waals surface area contributed by atoms with Gasteiger partial charge in [0.25, 0.3) is 5.91 Å². The number of Topliss-reactive ketones (excluding diaryl/α,β-unsaturated/α-hetero) is 1. The van der Waals surface area contributed by atoms with Crippen molar-refractivity contribution in [3.63, 3.8) is 0 Å². The second-order valence-electron chi connectivity index (χ2n) is 4.79. The highest BCUT2D eigenvalue weighted by atomic mass is 16.5. The molecule has 1 unspecified atom stereocenters. The molecule has 0 saturated carbocycles. The van der Waals surface area contributed by atoms with Gasteiger partial charge in [-0.3, -0.25) is 14.4 Å². The normalized spacial score (nSPS) is 18.3. The van der Waals surface area contributed by atoms with Gasteiger partial charge < -0.3 is 14.4 Å². The number of carbonyl (C=O) groups excluding carboxylic acids is 3. The number of rotatable bonds is 3. The predicted molar refractivity (Wildman–Crippen MR) is 74.0 cm³/mol. The third kappa shape index (κ3) is 3.21. The summed E-state index contributed by atoms with van der Waals surface area (Å²) in [5.74, 6) is -1.14. The lowest BCUT2D eigenvalue weighted by atomic mass is 9.95. The van der Waals surface area contributed by atoms with Crippen LogP contribution in [0.25, 0.3) is 0 Å². The first-order valence-electron chi connectivity index (χ1n) is 6.60. The summed E-state index contributed by atoms with van der Waals surface area (Å²) in [6.07, 6.45) is 0.299. The van der Waals surface area contributed by atoms with Crippen LogP contribution in [0.5, 0.6) is 5.75 Å². The highest BCUT2D eigenvalue weighted by Crippen LogP contribution is 2.19. The Morgan fingerprint density at radius 3 is 2.38 bits per heavy atom. The van der Waals surface area contributed by atoms with Gasteiger partial charge in [-0.25, -0.2) is 0 Å². The van der Waals surface area contributed by atoms with Gasteiger partial charge in [0.15, 0.2) is 5.78 Å². The van der Waals surface area contributed by atoms with Gasteiger partial charge in [0.2, 0.25) is 0 Å². The van der Waals surface area contributed by atoms with E-state index in [-0.39, 0.29) is 18.2 Å². The Morgan fingerprint density at radius 2 is 1.86 bits per heavy atom. The van der Waals surface area contributed by atoms with E-state index in [0.29, 0.717) is 24.3 Å². The molecule has 6 nitrogen and oxygen atoms in total. The van der Waals surface area contributed by atoms with Crippen LogP contribution < -0.4 is 4.74 Å². The number of hydrogen-bond donors (Lipinski definition) is 0. The molecule has 1 aromatic carbocycles. The molecular weight excluding hydrogens is 274 g/mol. The molecule has 2 rings (SSSR count). The van der Waals surface area contributed by atoms with Gasteiger partial charge in [-0.1, -0.05) is 0 Å². The van der Waals surface area contributed by atoms with E-state index in [4.69, 9.17) is 4.74 Å². The fraction of sp³-hybridized carbons (Fsp3) is 0.400. The molecule has 0 radical (unpaired) electrons. The summed E-state index contributed by atoms with van der Waals surface area (Å²) in [7, 11) is 2.80. The zero-order chi connectivity index (χ0) is 15.4. The molecule has 0 spiro atoms. The van der Waals surface area contributed by atoms with E-state index in [2.05, 4.69) is 4.74 Å². The summed E-state index contributed by atoms with van der Waals surface area (Å²) in [6, 6.07) is 6.68. The first-order valence-corrected chi connectivity index (χ1v) is 6.60. The van der Waals surface area contributed by atoms with E-state index < -0.39 is 11.9 Å². The van der Waals surface area contributed by atoms with Crippen LogP contribution in [-0.2, 0) is 14.3 Å². The van der Waals surface area contributed by atoms with Crippen molar-refractivity contribution in [3.8, 4) is 5.75 Å². The van der Waals surface area contributed by atoms with Crippen molar-refractivity contribution in [1.82, 2.24) is 4.90 Å². The summed E-state index contributed by atoms with van der Waals surface area (Å²) < 4.78 is 9.62. The number of carbonyl (C=O) groups is 3. The summed E-state index contributed by atoms with van der Waals surface area (Å²) in [4.78, 5) is 37.1. The molecule has 1 heterocycles. The molecule has 1 amide bonds. The van der Waals surface area contributed by atoms with Gasteiger partial charge in [-0.15, -0.1) is 0 Å². The minimum Gasteiger partial charge on any atom is -0.497 e. The number of likely N-dealkylation sites (tertiary alicyclic amines) is 1. The molecule has 1 fully saturated rings. The number of esters is 1. The van der Waals surface area contributed by atoms with Crippen LogP contribution in [0.1, 0.15) is 16.8 Å². The van der Waals surface area contributed by atoms with Crippen LogP contribution in [-0.4, -0.2) is 49.9 Å². The van der Waals surface area contributed by atoms with Crippen LogP contribution in [0, 0.1) is 5.92 Å². The standard InChI is InChI=1S/C15H17NO5/c1-20-11-5-3-10(4-6-11)14(18)16-8-7-12(13(17)9-16)15(19)21-2/h3-6,12H,7-9H2,1-2H3. The maximum absolute atomic E-state index is 12.3. The lowest BCUT2D eigenvalue weighted by Gasteiger charge is -2.29. The quantitative estimate of drug-likeness (QED) is 0.611. The summed E-state index contributed by atoms with van der Waals surface area (Å²) in [5.41, 5.74) is 0.486. The van der Waals surface area contributed by atoms with E-state index in [9.17, 15) is 14.4 Å². The fourth-order valence-electron chi connectivity index (χ4n) is 2.30. The smallest absolute Gasteiger partial charge is 0.316 e. The Balaban J connectivity index is 2.04. The van der Waals surface area contributed by atoms with Crippen LogP contribution in [0.15, 0.2) is 24.3 Å². The number of nitrogens with zero attached hydrogens (tertiary/aromatic N) is 1. The molecule has 6 heteroatoms. The lowest BCUT2D eigenvalue weighted by Crippen LogP contribution is -2.46. The summed E-state index contributed by atoms with van der Waals surface area (Å²) in [5, 5.41) is 0. The van der Waals surface area contributed by atoms with E-state index >= 15 is 0 Å². The van der Waals surface area contributed by atoms with Gasteiger partial charge in [-0.05, 0) is 30.7 Å². The average Bonchev–Trinajstić information content (AvgIpc) is 2.53. The molecule has 0 aliphatic carbocycles. The number of benzene rings is 1. The van der Waals surface area contributed by atoms with E-state index in [1.807, 2.05) is 0 Å². The topological polar surface area (TPSA) is 72.9 Å². The third-order valence-electron chi connectivity index (χ3n) is 3.53. The Bertz CT molecular complexity index is 552. The number of hydrogen-bond acceptors (Lipinski definition) is 5. The van der Waals surface area contributed by atoms with Gasteiger partial charge in [-0.2, -0.15) is 0 Å². The van der Waals surface area contributed by atoms with E-state index in [1.54, 1.807) is 31.4 Å². The zero-order valence-corrected chi connectivity index (χ0v) is 12.0. The van der Waals surface area contributed by atoms with Crippen molar-refractivity contribution < 1.29 is 23.9 Å². The number of piperidine rings is 1. The van der Waals surface area contributed by atoms with Crippen molar-refractivity contribution >= 4 is 17.7 Å². The van der Waals surface area contributed by atoms with Gasteiger partial charge in [0.1, 0.15) is 11.7 Å². The molecule has 1 aliphatic rings. The average molecular weight is 291 g/mol. The van der Waals surface area contributed by atoms with E-state index in [0.717, 1.165) is 0 Å². The molecule has 1 saturated heterocycles. The maximum Gasteiger partial charge on any atom is 0.316 e. The highest BCUT2D eigenvalue weighted by molar-refractivity contribution is 6.04. The summed E-state index contributed by atoms with van der Waals surface area (Å²) >= 11 is 0. The lowest BCUT2D eigenvalue weighted by molar-refractivity contribution is -0.151. The van der Waals surface area contributed by atoms with Crippen molar-refractivity contribution in [2.75, 3.05) is 27.3 Å². The highest BCUT2D eigenvalue weighted by Gasteiger charge is 2.35. The maximum atomic E-state index is 12.3. The van der Waals surface area contributed by atoms with Gasteiger partial charge in [0, 0.05) is 12.1 Å². The molecule has 112 valence electrons. The monoisotopic (exact) mass is 291 g/mol. The van der Waals surface area contributed by atoms with Crippen LogP contribution >= 0.6 is 0 Å².